The number of ether oxygens (including phenoxy) is 3. The number of hydrogen-bond donors (Lipinski definition) is 1. The van der Waals surface area contributed by atoms with Crippen molar-refractivity contribution in [2.24, 2.45) is 4.99 Å². The predicted octanol–water partition coefficient (Wildman–Crippen LogP) is 5.76. The molecule has 5 rings (SSSR count). The summed E-state index contributed by atoms with van der Waals surface area (Å²) in [5.74, 6) is 2.14. The number of halogens is 3. The standard InChI is InChI=1S/C27H25F3N4O4/c1-36-19-14-18(15-20(16-19)37-2)31-26(35)34-11-9-33(10-12-34)25-21-5-3-4-6-23(21)38-24-13-17(27(28,29)30)7-8-22(24)32-25/h3-8,13-16H,9-12H2,1-2H3,(H,31,35). The summed E-state index contributed by atoms with van der Waals surface area (Å²) < 4.78 is 56.3. The maximum Gasteiger partial charge on any atom is 0.416 e. The Morgan fingerprint density at radius 2 is 1.61 bits per heavy atom. The van der Waals surface area contributed by atoms with Crippen molar-refractivity contribution in [1.29, 1.82) is 0 Å². The topological polar surface area (TPSA) is 75.6 Å². The van der Waals surface area contributed by atoms with Gasteiger partial charge in [0.05, 0.1) is 25.3 Å². The minimum absolute atomic E-state index is 0.0361. The molecule has 0 atom stereocenters. The van der Waals surface area contributed by atoms with Crippen molar-refractivity contribution in [3.63, 3.8) is 0 Å². The molecule has 8 nitrogen and oxygen atoms in total. The summed E-state index contributed by atoms with van der Waals surface area (Å²) in [7, 11) is 3.07. The molecule has 1 N–H and O–H groups in total. The molecule has 2 heterocycles. The Hall–Kier alpha value is -4.41. The Morgan fingerprint density at radius 1 is 0.921 bits per heavy atom. The average Bonchev–Trinajstić information content (AvgIpc) is 3.08. The van der Waals surface area contributed by atoms with Gasteiger partial charge in [-0.15, -0.1) is 0 Å². The van der Waals surface area contributed by atoms with Crippen molar-refractivity contribution in [2.75, 3.05) is 45.7 Å². The van der Waals surface area contributed by atoms with E-state index < -0.39 is 11.7 Å². The minimum Gasteiger partial charge on any atom is -0.497 e. The molecule has 0 saturated carbocycles. The van der Waals surface area contributed by atoms with E-state index in [0.717, 1.165) is 12.1 Å². The maximum atomic E-state index is 13.3. The van der Waals surface area contributed by atoms with Gasteiger partial charge in [0.15, 0.2) is 5.75 Å². The lowest BCUT2D eigenvalue weighted by molar-refractivity contribution is -0.137. The van der Waals surface area contributed by atoms with Crippen molar-refractivity contribution in [1.82, 2.24) is 9.80 Å². The normalized spacial score (nSPS) is 14.9. The Kier molecular flexibility index (Phi) is 6.75. The molecule has 2 aliphatic rings. The average molecular weight is 527 g/mol. The largest absolute Gasteiger partial charge is 0.497 e. The predicted molar refractivity (Wildman–Crippen MR) is 136 cm³/mol. The van der Waals surface area contributed by atoms with Crippen molar-refractivity contribution in [3.8, 4) is 23.0 Å². The first-order valence-electron chi connectivity index (χ1n) is 11.9. The summed E-state index contributed by atoms with van der Waals surface area (Å²) in [4.78, 5) is 21.4. The van der Waals surface area contributed by atoms with Gasteiger partial charge in [-0.05, 0) is 30.3 Å². The molecule has 0 aliphatic carbocycles. The first-order chi connectivity index (χ1) is 18.2. The van der Waals surface area contributed by atoms with Gasteiger partial charge in [-0.2, -0.15) is 13.2 Å². The van der Waals surface area contributed by atoms with Gasteiger partial charge in [0.1, 0.15) is 28.8 Å². The van der Waals surface area contributed by atoms with Crippen LogP contribution in [0.15, 0.2) is 65.7 Å². The van der Waals surface area contributed by atoms with E-state index in [-0.39, 0.29) is 11.8 Å². The van der Waals surface area contributed by atoms with Crippen LogP contribution in [0.5, 0.6) is 23.0 Å². The molecule has 38 heavy (non-hydrogen) atoms. The van der Waals surface area contributed by atoms with E-state index >= 15 is 0 Å². The highest BCUT2D eigenvalue weighted by Gasteiger charge is 2.33. The van der Waals surface area contributed by atoms with E-state index in [0.29, 0.717) is 66.2 Å². The summed E-state index contributed by atoms with van der Waals surface area (Å²) in [5.41, 5.74) is 0.707. The lowest BCUT2D eigenvalue weighted by Gasteiger charge is -2.36. The summed E-state index contributed by atoms with van der Waals surface area (Å²) in [5, 5.41) is 2.88. The number of carbonyl (C=O) groups excluding carboxylic acids is 1. The molecule has 2 aliphatic heterocycles. The molecule has 11 heteroatoms. The number of para-hydroxylation sites is 1. The van der Waals surface area contributed by atoms with Gasteiger partial charge in [-0.1, -0.05) is 12.1 Å². The lowest BCUT2D eigenvalue weighted by Crippen LogP contribution is -2.51. The molecule has 2 amide bonds. The van der Waals surface area contributed by atoms with Gasteiger partial charge in [0.2, 0.25) is 0 Å². The number of fused-ring (bicyclic) bond motifs is 2. The van der Waals surface area contributed by atoms with Crippen LogP contribution in [0.3, 0.4) is 0 Å². The number of urea groups is 1. The monoisotopic (exact) mass is 526 g/mol. The number of nitrogens with zero attached hydrogens (tertiary/aromatic N) is 3. The Morgan fingerprint density at radius 3 is 2.26 bits per heavy atom. The summed E-state index contributed by atoms with van der Waals surface area (Å²) in [6, 6.07) is 15.2. The number of aliphatic imine (C=N–C) groups is 1. The van der Waals surface area contributed by atoms with E-state index in [1.165, 1.54) is 20.3 Å². The van der Waals surface area contributed by atoms with Crippen LogP contribution in [0, 0.1) is 0 Å². The maximum absolute atomic E-state index is 13.3. The fraction of sp³-hybridized carbons (Fsp3) is 0.259. The number of piperazine rings is 1. The van der Waals surface area contributed by atoms with Crippen LogP contribution >= 0.6 is 0 Å². The highest BCUT2D eigenvalue weighted by atomic mass is 19.4. The van der Waals surface area contributed by atoms with Crippen LogP contribution in [0.4, 0.5) is 29.3 Å². The van der Waals surface area contributed by atoms with E-state index in [1.807, 2.05) is 17.0 Å². The van der Waals surface area contributed by atoms with Gasteiger partial charge >= 0.3 is 12.2 Å². The summed E-state index contributed by atoms with van der Waals surface area (Å²) >= 11 is 0. The molecular formula is C27H25F3N4O4. The van der Waals surface area contributed by atoms with Gasteiger partial charge in [-0.25, -0.2) is 9.79 Å². The quantitative estimate of drug-likeness (QED) is 0.470. The zero-order chi connectivity index (χ0) is 26.9. The van der Waals surface area contributed by atoms with E-state index in [2.05, 4.69) is 5.32 Å². The fourth-order valence-corrected chi connectivity index (χ4v) is 4.34. The highest BCUT2D eigenvalue weighted by molar-refractivity contribution is 6.04. The zero-order valence-corrected chi connectivity index (χ0v) is 20.7. The summed E-state index contributed by atoms with van der Waals surface area (Å²) in [6.45, 7) is 1.76. The number of nitrogens with one attached hydrogen (secondary N) is 1. The van der Waals surface area contributed by atoms with Crippen molar-refractivity contribution < 1.29 is 32.2 Å². The first-order valence-corrected chi connectivity index (χ1v) is 11.9. The molecule has 198 valence electrons. The Balaban J connectivity index is 1.35. The number of methoxy groups -OCH3 is 2. The van der Waals surface area contributed by atoms with Gasteiger partial charge in [0, 0.05) is 50.1 Å². The van der Waals surface area contributed by atoms with E-state index in [4.69, 9.17) is 19.2 Å². The molecule has 1 saturated heterocycles. The third kappa shape index (κ3) is 5.17. The van der Waals surface area contributed by atoms with Crippen LogP contribution in [-0.4, -0.2) is 62.1 Å². The Labute approximate surface area is 217 Å². The van der Waals surface area contributed by atoms with Gasteiger partial charge < -0.3 is 29.3 Å². The number of benzene rings is 3. The van der Waals surface area contributed by atoms with Crippen LogP contribution in [0.1, 0.15) is 11.1 Å². The molecule has 0 radical (unpaired) electrons. The number of carbonyl (C=O) groups is 1. The molecular weight excluding hydrogens is 501 g/mol. The van der Waals surface area contributed by atoms with Crippen LogP contribution < -0.4 is 19.5 Å². The molecule has 0 bridgehead atoms. The number of hydrogen-bond acceptors (Lipinski definition) is 6. The van der Waals surface area contributed by atoms with E-state index in [1.54, 1.807) is 35.2 Å². The summed E-state index contributed by atoms with van der Waals surface area (Å²) in [6.07, 6.45) is -4.50. The second-order valence-electron chi connectivity index (χ2n) is 8.72. The minimum atomic E-state index is -4.50. The number of alkyl halides is 3. The van der Waals surface area contributed by atoms with Gasteiger partial charge in [-0.3, -0.25) is 0 Å². The molecule has 3 aromatic carbocycles. The van der Waals surface area contributed by atoms with Crippen molar-refractivity contribution >= 4 is 23.2 Å². The second-order valence-corrected chi connectivity index (χ2v) is 8.72. The van der Waals surface area contributed by atoms with Crippen LogP contribution in [0.2, 0.25) is 0 Å². The number of amidine groups is 1. The third-order valence-electron chi connectivity index (χ3n) is 6.33. The smallest absolute Gasteiger partial charge is 0.416 e. The number of anilines is 1. The van der Waals surface area contributed by atoms with Crippen molar-refractivity contribution in [2.45, 2.75) is 6.18 Å². The van der Waals surface area contributed by atoms with Crippen molar-refractivity contribution in [3.05, 3.63) is 71.8 Å². The van der Waals surface area contributed by atoms with E-state index in [9.17, 15) is 18.0 Å². The zero-order valence-electron chi connectivity index (χ0n) is 20.7. The lowest BCUT2D eigenvalue weighted by atomic mass is 10.1. The van der Waals surface area contributed by atoms with Gasteiger partial charge in [0.25, 0.3) is 0 Å². The van der Waals surface area contributed by atoms with Crippen LogP contribution in [-0.2, 0) is 6.18 Å². The number of rotatable bonds is 3. The highest BCUT2D eigenvalue weighted by Crippen LogP contribution is 2.42. The first kappa shape index (κ1) is 25.2. The van der Waals surface area contributed by atoms with Crippen LogP contribution in [0.25, 0.3) is 0 Å². The molecule has 0 aromatic heterocycles. The Bertz CT molecular complexity index is 1360. The number of amides is 2. The molecule has 1 fully saturated rings. The molecule has 0 spiro atoms. The third-order valence-corrected chi connectivity index (χ3v) is 6.33. The molecule has 3 aromatic rings. The SMILES string of the molecule is COc1cc(NC(=O)N2CCN(C3=Nc4ccc(C(F)(F)F)cc4Oc4ccccc43)CC2)cc(OC)c1. The fourth-order valence-electron chi connectivity index (χ4n) is 4.34. The molecule has 0 unspecified atom stereocenters. The second kappa shape index (κ2) is 10.2.